The Morgan fingerprint density at radius 3 is 2.19 bits per heavy atom. The predicted molar refractivity (Wildman–Crippen MR) is 148 cm³/mol. The number of hydrazone groups is 1. The van der Waals surface area contributed by atoms with Gasteiger partial charge in [-0.15, -0.1) is 0 Å². The number of hydroxylamine groups is 2. The Morgan fingerprint density at radius 1 is 1.02 bits per heavy atom. The lowest BCUT2D eigenvalue weighted by molar-refractivity contribution is -0.386. The van der Waals surface area contributed by atoms with E-state index in [-0.39, 0.29) is 41.1 Å². The molecule has 3 aromatic rings. The Balaban J connectivity index is 1.80. The zero-order chi connectivity index (χ0) is 31.0. The highest BCUT2D eigenvalue weighted by Gasteiger charge is 2.46. The van der Waals surface area contributed by atoms with Crippen LogP contribution in [0.1, 0.15) is 23.1 Å². The smallest absolute Gasteiger partial charge is 0.425 e. The van der Waals surface area contributed by atoms with Crippen molar-refractivity contribution < 1.29 is 42.7 Å². The molecule has 0 fully saturated rings. The molecule has 4 rings (SSSR count). The van der Waals surface area contributed by atoms with Crippen LogP contribution >= 0.6 is 0 Å². The standard InChI is InChI=1S/C29H25F3N4O7/c30-29(31,32)27-21(12-7-13-35(27)39)14-23(33-34-28(37)38)22-15-24(36(40)41)26(43-18-20-10-5-2-6-11-20)25(16-22)42-17-19-8-3-1-4-9-19/h1-13,15-16,27,34,39H,14,17-18H2,(H,37,38). The van der Waals surface area contributed by atoms with Crippen LogP contribution in [0.4, 0.5) is 23.7 Å². The van der Waals surface area contributed by atoms with Gasteiger partial charge in [0.2, 0.25) is 5.75 Å². The lowest BCUT2D eigenvalue weighted by Gasteiger charge is -2.31. The van der Waals surface area contributed by atoms with E-state index in [1.54, 1.807) is 66.1 Å². The first-order chi connectivity index (χ1) is 20.5. The maximum absolute atomic E-state index is 13.8. The highest BCUT2D eigenvalue weighted by Crippen LogP contribution is 2.41. The number of rotatable bonds is 11. The first-order valence-corrected chi connectivity index (χ1v) is 12.7. The second-order valence-corrected chi connectivity index (χ2v) is 9.19. The summed E-state index contributed by atoms with van der Waals surface area (Å²) in [5.74, 6) is -0.366. The molecule has 0 saturated carbocycles. The van der Waals surface area contributed by atoms with Gasteiger partial charge in [-0.25, -0.2) is 15.3 Å². The number of hydrogen-bond acceptors (Lipinski definition) is 8. The number of nitro benzene ring substituents is 1. The van der Waals surface area contributed by atoms with E-state index in [1.807, 2.05) is 0 Å². The van der Waals surface area contributed by atoms with Crippen molar-refractivity contribution in [1.29, 1.82) is 0 Å². The van der Waals surface area contributed by atoms with Crippen LogP contribution in [0, 0.1) is 10.1 Å². The summed E-state index contributed by atoms with van der Waals surface area (Å²) in [6, 6.07) is 17.5. The Morgan fingerprint density at radius 2 is 1.63 bits per heavy atom. The zero-order valence-electron chi connectivity index (χ0n) is 22.3. The number of nitrogens with zero attached hydrogens (tertiary/aromatic N) is 3. The average Bonchev–Trinajstić information content (AvgIpc) is 2.97. The van der Waals surface area contributed by atoms with Crippen molar-refractivity contribution in [2.24, 2.45) is 5.10 Å². The molecule has 0 spiro atoms. The topological polar surface area (TPSA) is 147 Å². The van der Waals surface area contributed by atoms with Crippen molar-refractivity contribution in [1.82, 2.24) is 10.5 Å². The van der Waals surface area contributed by atoms with Crippen LogP contribution in [0.3, 0.4) is 0 Å². The number of halogens is 3. The van der Waals surface area contributed by atoms with E-state index in [9.17, 15) is 33.3 Å². The van der Waals surface area contributed by atoms with Crippen molar-refractivity contribution in [2.45, 2.75) is 31.9 Å². The van der Waals surface area contributed by atoms with Gasteiger partial charge in [-0.1, -0.05) is 66.7 Å². The Kier molecular flexibility index (Phi) is 9.62. The molecule has 1 atom stereocenters. The number of allylic oxidation sites excluding steroid dienone is 2. The minimum absolute atomic E-state index is 0.0328. The SMILES string of the molecule is O=C(O)NN=C(CC1=CC=CN(O)C1C(F)(F)F)c1cc(OCc2ccccc2)c(OCc2ccccc2)c([N+](=O)[O-])c1. The molecule has 0 saturated heterocycles. The first-order valence-electron chi connectivity index (χ1n) is 12.7. The van der Waals surface area contributed by atoms with E-state index in [1.165, 1.54) is 6.07 Å². The van der Waals surface area contributed by atoms with Gasteiger partial charge in [-0.05, 0) is 28.8 Å². The van der Waals surface area contributed by atoms with Crippen molar-refractivity contribution >= 4 is 17.5 Å². The number of nitro groups is 1. The summed E-state index contributed by atoms with van der Waals surface area (Å²) >= 11 is 0. The fourth-order valence-electron chi connectivity index (χ4n) is 4.24. The van der Waals surface area contributed by atoms with E-state index >= 15 is 0 Å². The van der Waals surface area contributed by atoms with Crippen molar-refractivity contribution in [3.05, 3.63) is 124 Å². The van der Waals surface area contributed by atoms with Gasteiger partial charge in [0.25, 0.3) is 0 Å². The summed E-state index contributed by atoms with van der Waals surface area (Å²) in [6.07, 6.45) is -4.11. The second-order valence-electron chi connectivity index (χ2n) is 9.19. The fraction of sp³-hybridized carbons (Fsp3) is 0.172. The fourth-order valence-corrected chi connectivity index (χ4v) is 4.24. The van der Waals surface area contributed by atoms with Crippen molar-refractivity contribution in [3.63, 3.8) is 0 Å². The highest BCUT2D eigenvalue weighted by molar-refractivity contribution is 6.03. The molecule has 0 aliphatic carbocycles. The molecule has 1 amide bonds. The summed E-state index contributed by atoms with van der Waals surface area (Å²) in [5.41, 5.74) is 1.74. The lowest BCUT2D eigenvalue weighted by atomic mass is 9.94. The van der Waals surface area contributed by atoms with Crippen LogP contribution in [-0.4, -0.2) is 44.3 Å². The van der Waals surface area contributed by atoms with Crippen LogP contribution in [-0.2, 0) is 13.2 Å². The Labute approximate surface area is 242 Å². The molecule has 14 heteroatoms. The lowest BCUT2D eigenvalue weighted by Crippen LogP contribution is -2.44. The molecule has 1 heterocycles. The van der Waals surface area contributed by atoms with Crippen LogP contribution < -0.4 is 14.9 Å². The molecule has 11 nitrogen and oxygen atoms in total. The summed E-state index contributed by atoms with van der Waals surface area (Å²) < 4.78 is 53.3. The van der Waals surface area contributed by atoms with Crippen molar-refractivity contribution in [2.75, 3.05) is 0 Å². The largest absolute Gasteiger partial charge is 0.485 e. The molecule has 0 bridgehead atoms. The zero-order valence-corrected chi connectivity index (χ0v) is 22.3. The van der Waals surface area contributed by atoms with Crippen molar-refractivity contribution in [3.8, 4) is 11.5 Å². The number of hydrogen-bond donors (Lipinski definition) is 3. The summed E-state index contributed by atoms with van der Waals surface area (Å²) in [5, 5.41) is 35.0. The predicted octanol–water partition coefficient (Wildman–Crippen LogP) is 6.19. The molecule has 1 aliphatic rings. The average molecular weight is 599 g/mol. The minimum atomic E-state index is -4.91. The number of benzene rings is 3. The van der Waals surface area contributed by atoms with E-state index < -0.39 is 40.9 Å². The summed E-state index contributed by atoms with van der Waals surface area (Å²) in [4.78, 5) is 22.7. The summed E-state index contributed by atoms with van der Waals surface area (Å²) in [7, 11) is 0. The molecular weight excluding hydrogens is 573 g/mol. The summed E-state index contributed by atoms with van der Waals surface area (Å²) in [6.45, 7) is -0.113. The van der Waals surface area contributed by atoms with Crippen LogP contribution in [0.25, 0.3) is 0 Å². The number of nitrogens with one attached hydrogen (secondary N) is 1. The number of carboxylic acid groups (broad SMARTS) is 1. The second kappa shape index (κ2) is 13.5. The molecular formula is C29H25F3N4O7. The van der Waals surface area contributed by atoms with Gasteiger partial charge in [-0.3, -0.25) is 15.3 Å². The van der Waals surface area contributed by atoms with Gasteiger partial charge in [-0.2, -0.15) is 18.3 Å². The van der Waals surface area contributed by atoms with Crippen LogP contribution in [0.5, 0.6) is 11.5 Å². The minimum Gasteiger partial charge on any atom is -0.485 e. The first kappa shape index (κ1) is 30.6. The van der Waals surface area contributed by atoms with Gasteiger partial charge in [0.1, 0.15) is 13.2 Å². The van der Waals surface area contributed by atoms with Gasteiger partial charge in [0.05, 0.1) is 10.6 Å². The highest BCUT2D eigenvalue weighted by atomic mass is 19.4. The quantitative estimate of drug-likeness (QED) is 0.135. The van der Waals surface area contributed by atoms with Gasteiger partial charge < -0.3 is 14.6 Å². The normalized spacial score (nSPS) is 15.1. The Bertz CT molecular complexity index is 1540. The number of carbonyl (C=O) groups is 1. The Hall–Kier alpha value is -5.37. The third kappa shape index (κ3) is 8.10. The molecule has 1 unspecified atom stereocenters. The van der Waals surface area contributed by atoms with Crippen LogP contribution in [0.2, 0.25) is 0 Å². The molecule has 3 N–H and O–H groups in total. The molecule has 0 radical (unpaired) electrons. The molecule has 0 aromatic heterocycles. The molecule has 1 aliphatic heterocycles. The third-order valence-electron chi connectivity index (χ3n) is 6.16. The van der Waals surface area contributed by atoms with E-state index in [0.29, 0.717) is 11.1 Å². The number of alkyl halides is 3. The van der Waals surface area contributed by atoms with Gasteiger partial charge >= 0.3 is 18.0 Å². The number of amides is 1. The van der Waals surface area contributed by atoms with Gasteiger partial charge in [0.15, 0.2) is 11.8 Å². The molecule has 3 aromatic carbocycles. The number of ether oxygens (including phenoxy) is 2. The van der Waals surface area contributed by atoms with Gasteiger partial charge in [0, 0.05) is 24.3 Å². The maximum Gasteiger partial charge on any atom is 0.425 e. The molecule has 224 valence electrons. The van der Waals surface area contributed by atoms with Crippen LogP contribution in [0.15, 0.2) is 102 Å². The van der Waals surface area contributed by atoms with E-state index in [0.717, 1.165) is 24.4 Å². The third-order valence-corrected chi connectivity index (χ3v) is 6.16. The van der Waals surface area contributed by atoms with E-state index in [2.05, 4.69) is 5.10 Å². The maximum atomic E-state index is 13.8. The monoisotopic (exact) mass is 598 g/mol. The van der Waals surface area contributed by atoms with E-state index in [4.69, 9.17) is 14.6 Å². The molecule has 43 heavy (non-hydrogen) atoms.